The zero-order valence-corrected chi connectivity index (χ0v) is 16.6. The average molecular weight is 353 g/mol. The summed E-state index contributed by atoms with van der Waals surface area (Å²) in [6, 6.07) is 21.3. The van der Waals surface area contributed by atoms with E-state index in [1.165, 1.54) is 10.4 Å². The monoisotopic (exact) mass is 352 g/mol. The second-order valence-corrected chi connectivity index (χ2v) is 10.0. The fourth-order valence-electron chi connectivity index (χ4n) is 3.20. The Bertz CT molecular complexity index is 649. The summed E-state index contributed by atoms with van der Waals surface area (Å²) in [5.41, 5.74) is -0.0159. The highest BCUT2D eigenvalue weighted by atomic mass is 28.3. The summed E-state index contributed by atoms with van der Waals surface area (Å²) < 4.78 is 12.9. The van der Waals surface area contributed by atoms with Gasteiger partial charge in [-0.2, -0.15) is 0 Å². The minimum Gasteiger partial charge on any atom is -0.496 e. The van der Waals surface area contributed by atoms with Gasteiger partial charge in [-0.15, -0.1) is 0 Å². The Morgan fingerprint density at radius 2 is 1.48 bits per heavy atom. The van der Waals surface area contributed by atoms with Gasteiger partial charge in [-0.1, -0.05) is 81.4 Å². The number of hydrogen-bond acceptors (Lipinski definition) is 2. The van der Waals surface area contributed by atoms with Crippen molar-refractivity contribution >= 4 is 19.4 Å². The lowest BCUT2D eigenvalue weighted by Crippen LogP contribution is -2.50. The predicted octanol–water partition coefficient (Wildman–Crippen LogP) is 3.65. The third kappa shape index (κ3) is 4.62. The first-order valence-electron chi connectivity index (χ1n) is 9.14. The van der Waals surface area contributed by atoms with Crippen LogP contribution in [0.4, 0.5) is 0 Å². The van der Waals surface area contributed by atoms with Crippen LogP contribution in [0.1, 0.15) is 33.6 Å². The first-order chi connectivity index (χ1) is 12.1. The van der Waals surface area contributed by atoms with Crippen LogP contribution in [0.3, 0.4) is 0 Å². The molecule has 2 nitrogen and oxygen atoms in total. The molecule has 0 saturated heterocycles. The second-order valence-electron chi connectivity index (χ2n) is 7.68. The summed E-state index contributed by atoms with van der Waals surface area (Å²) in [6.07, 6.45) is 4.37. The van der Waals surface area contributed by atoms with Crippen molar-refractivity contribution in [2.45, 2.75) is 39.7 Å². The molecule has 1 atom stereocenters. The van der Waals surface area contributed by atoms with Crippen molar-refractivity contribution in [3.8, 4) is 0 Å². The van der Waals surface area contributed by atoms with Crippen molar-refractivity contribution in [1.82, 2.24) is 0 Å². The van der Waals surface area contributed by atoms with Gasteiger partial charge >= 0.3 is 0 Å². The van der Waals surface area contributed by atoms with E-state index in [2.05, 4.69) is 87.5 Å². The van der Waals surface area contributed by atoms with Crippen LogP contribution >= 0.6 is 0 Å². The smallest absolute Gasteiger partial charge is 0.240 e. The Morgan fingerprint density at radius 1 is 0.920 bits per heavy atom. The van der Waals surface area contributed by atoms with Crippen molar-refractivity contribution in [3.05, 3.63) is 72.5 Å². The molecule has 1 aliphatic heterocycles. The lowest BCUT2D eigenvalue weighted by Gasteiger charge is -2.36. The van der Waals surface area contributed by atoms with Gasteiger partial charge in [0.1, 0.15) is 11.9 Å². The largest absolute Gasteiger partial charge is 0.496 e. The summed E-state index contributed by atoms with van der Waals surface area (Å²) in [6.45, 7) is 7.50. The van der Waals surface area contributed by atoms with Crippen molar-refractivity contribution in [2.24, 2.45) is 5.41 Å². The van der Waals surface area contributed by atoms with Crippen molar-refractivity contribution < 1.29 is 9.16 Å². The molecule has 0 spiro atoms. The highest BCUT2D eigenvalue weighted by molar-refractivity contribution is 6.80. The predicted molar refractivity (Wildman–Crippen MR) is 107 cm³/mol. The third-order valence-electron chi connectivity index (χ3n) is 4.48. The Morgan fingerprint density at radius 3 is 1.92 bits per heavy atom. The van der Waals surface area contributed by atoms with Gasteiger partial charge in [0.2, 0.25) is 9.04 Å². The molecule has 0 saturated carbocycles. The van der Waals surface area contributed by atoms with Crippen LogP contribution in [-0.4, -0.2) is 21.8 Å². The Kier molecular flexibility index (Phi) is 5.77. The van der Waals surface area contributed by atoms with Crippen LogP contribution in [-0.2, 0) is 9.16 Å². The molecule has 1 heterocycles. The maximum absolute atomic E-state index is 6.87. The molecule has 0 radical (unpaired) electrons. The fourth-order valence-corrected chi connectivity index (χ4v) is 5.86. The van der Waals surface area contributed by atoms with Gasteiger partial charge < -0.3 is 9.16 Å². The molecule has 0 aromatic heterocycles. The molecule has 132 valence electrons. The van der Waals surface area contributed by atoms with E-state index in [1.807, 2.05) is 0 Å². The summed E-state index contributed by atoms with van der Waals surface area (Å²) in [7, 11) is -1.80. The summed E-state index contributed by atoms with van der Waals surface area (Å²) in [5.74, 6) is 1.02. The first kappa shape index (κ1) is 18.0. The van der Waals surface area contributed by atoms with Crippen LogP contribution in [0.25, 0.3) is 0 Å². The normalized spacial score (nSPS) is 16.2. The van der Waals surface area contributed by atoms with Crippen molar-refractivity contribution in [2.75, 3.05) is 6.61 Å². The molecule has 1 aliphatic rings. The maximum Gasteiger partial charge on any atom is 0.240 e. The molecule has 25 heavy (non-hydrogen) atoms. The van der Waals surface area contributed by atoms with E-state index in [4.69, 9.17) is 9.16 Å². The van der Waals surface area contributed by atoms with E-state index < -0.39 is 9.04 Å². The van der Waals surface area contributed by atoms with E-state index in [0.29, 0.717) is 0 Å². The van der Waals surface area contributed by atoms with Crippen LogP contribution in [0.2, 0.25) is 0 Å². The molecule has 0 bridgehead atoms. The molecule has 2 aromatic carbocycles. The Hall–Kier alpha value is -1.84. The SMILES string of the molecule is CC(C)(C)C(O[SiH](c1ccccc1)c1ccccc1)C1=CCCCO1. The van der Waals surface area contributed by atoms with Crippen LogP contribution in [0.5, 0.6) is 0 Å². The number of benzene rings is 2. The quantitative estimate of drug-likeness (QED) is 0.765. The maximum atomic E-state index is 6.87. The fraction of sp³-hybridized carbons (Fsp3) is 0.364. The van der Waals surface area contributed by atoms with Gasteiger partial charge in [0.05, 0.1) is 6.61 Å². The first-order valence-corrected chi connectivity index (χ1v) is 10.8. The summed E-state index contributed by atoms with van der Waals surface area (Å²) >= 11 is 0. The summed E-state index contributed by atoms with van der Waals surface area (Å²) in [5, 5.41) is 2.61. The Balaban J connectivity index is 1.96. The van der Waals surface area contributed by atoms with Gasteiger partial charge in [-0.3, -0.25) is 0 Å². The molecule has 3 heteroatoms. The zero-order valence-electron chi connectivity index (χ0n) is 15.4. The topological polar surface area (TPSA) is 18.5 Å². The standard InChI is InChI=1S/C22H28O2Si/c1-22(2,3)21(20-16-10-11-17-23-20)24-25(18-12-6-4-7-13-18)19-14-8-5-9-15-19/h4-9,12-16,21,25H,10-11,17H2,1-3H3. The van der Waals surface area contributed by atoms with Gasteiger partial charge in [-0.05, 0) is 34.7 Å². The van der Waals surface area contributed by atoms with E-state index in [-0.39, 0.29) is 11.5 Å². The molecule has 0 amide bonds. The summed E-state index contributed by atoms with van der Waals surface area (Å²) in [4.78, 5) is 0. The number of rotatable bonds is 5. The molecule has 3 rings (SSSR count). The van der Waals surface area contributed by atoms with Gasteiger partial charge in [0.15, 0.2) is 0 Å². The van der Waals surface area contributed by atoms with Gasteiger partial charge in [0.25, 0.3) is 0 Å². The van der Waals surface area contributed by atoms with E-state index in [9.17, 15) is 0 Å². The lowest BCUT2D eigenvalue weighted by atomic mass is 9.87. The Labute approximate surface area is 153 Å². The number of hydrogen-bond donors (Lipinski definition) is 0. The highest BCUT2D eigenvalue weighted by Crippen LogP contribution is 2.31. The van der Waals surface area contributed by atoms with Gasteiger partial charge in [0, 0.05) is 0 Å². The van der Waals surface area contributed by atoms with Crippen LogP contribution in [0, 0.1) is 5.41 Å². The molecular formula is C22H28O2Si. The van der Waals surface area contributed by atoms with E-state index in [1.54, 1.807) is 0 Å². The molecule has 0 fully saturated rings. The molecule has 0 aliphatic carbocycles. The number of ether oxygens (including phenoxy) is 1. The second kappa shape index (κ2) is 8.02. The molecule has 1 unspecified atom stereocenters. The zero-order chi connectivity index (χ0) is 17.7. The molecule has 2 aromatic rings. The van der Waals surface area contributed by atoms with Crippen molar-refractivity contribution in [1.29, 1.82) is 0 Å². The molecular weight excluding hydrogens is 324 g/mol. The lowest BCUT2D eigenvalue weighted by molar-refractivity contribution is 0.0443. The van der Waals surface area contributed by atoms with Crippen molar-refractivity contribution in [3.63, 3.8) is 0 Å². The minimum atomic E-state index is -1.80. The van der Waals surface area contributed by atoms with Gasteiger partial charge in [-0.25, -0.2) is 0 Å². The minimum absolute atomic E-state index is 0.0159. The highest BCUT2D eigenvalue weighted by Gasteiger charge is 2.34. The van der Waals surface area contributed by atoms with Crippen LogP contribution < -0.4 is 10.4 Å². The number of allylic oxidation sites excluding steroid dienone is 1. The average Bonchev–Trinajstić information content (AvgIpc) is 2.63. The van der Waals surface area contributed by atoms with E-state index in [0.717, 1.165) is 25.2 Å². The van der Waals surface area contributed by atoms with Crippen LogP contribution in [0.15, 0.2) is 72.5 Å². The third-order valence-corrected chi connectivity index (χ3v) is 7.01. The molecule has 0 N–H and O–H groups in total. The van der Waals surface area contributed by atoms with E-state index >= 15 is 0 Å².